The Bertz CT molecular complexity index is 1000. The molecule has 3 rings (SSSR count). The minimum Gasteiger partial charge on any atom is -0.508 e. The first-order valence-corrected chi connectivity index (χ1v) is 10.4. The van der Waals surface area contributed by atoms with Gasteiger partial charge in [0, 0.05) is 18.8 Å². The van der Waals surface area contributed by atoms with E-state index in [0.717, 1.165) is 29.7 Å². The minimum absolute atomic E-state index is 0.149. The number of anilines is 1. The number of nitrogens with zero attached hydrogens (tertiary/aromatic N) is 1. The van der Waals surface area contributed by atoms with Gasteiger partial charge in [-0.25, -0.2) is 8.42 Å². The van der Waals surface area contributed by atoms with Gasteiger partial charge in [-0.3, -0.25) is 9.69 Å². The molecule has 1 amide bonds. The van der Waals surface area contributed by atoms with Crippen molar-refractivity contribution in [2.75, 3.05) is 25.0 Å². The molecule has 1 aliphatic rings. The van der Waals surface area contributed by atoms with Crippen LogP contribution in [-0.4, -0.2) is 49.7 Å². The van der Waals surface area contributed by atoms with Gasteiger partial charge in [-0.15, -0.1) is 0 Å². The summed E-state index contributed by atoms with van der Waals surface area (Å²) in [6, 6.07) is 11.6. The number of phenols is 1. The standard InChI is InChI=1S/C20H20F2N2O4S/c21-20(22)29(27,28)18-7-3-16(4-8-18)23-19(26)13-24-11-9-15(10-12-24)14-1-5-17(25)6-2-14/h1-9,20,25H,10-13H2,(H,23,26). The average molecular weight is 422 g/mol. The molecule has 2 N–H and O–H groups in total. The third kappa shape index (κ3) is 5.18. The van der Waals surface area contributed by atoms with Crippen LogP contribution in [0.3, 0.4) is 0 Å². The number of alkyl halides is 2. The van der Waals surface area contributed by atoms with Crippen molar-refractivity contribution in [1.29, 1.82) is 0 Å². The van der Waals surface area contributed by atoms with Crippen LogP contribution in [0.25, 0.3) is 5.57 Å². The van der Waals surface area contributed by atoms with Crippen molar-refractivity contribution >= 4 is 27.0 Å². The number of hydrogen-bond donors (Lipinski definition) is 2. The van der Waals surface area contributed by atoms with E-state index in [0.29, 0.717) is 18.8 Å². The number of aromatic hydroxyl groups is 1. The molecule has 1 heterocycles. The molecule has 0 saturated carbocycles. The Balaban J connectivity index is 1.54. The van der Waals surface area contributed by atoms with Crippen molar-refractivity contribution < 1.29 is 27.1 Å². The Morgan fingerprint density at radius 3 is 2.31 bits per heavy atom. The molecule has 0 aliphatic carbocycles. The van der Waals surface area contributed by atoms with Crippen molar-refractivity contribution in [3.05, 3.63) is 60.2 Å². The number of nitrogens with one attached hydrogen (secondary N) is 1. The van der Waals surface area contributed by atoms with Crippen LogP contribution in [0.15, 0.2) is 59.5 Å². The number of sulfone groups is 1. The molecule has 0 aromatic heterocycles. The molecule has 0 radical (unpaired) electrons. The van der Waals surface area contributed by atoms with Crippen LogP contribution >= 0.6 is 0 Å². The molecule has 1 aliphatic heterocycles. The SMILES string of the molecule is O=C(CN1CC=C(c2ccc(O)cc2)CC1)Nc1ccc(S(=O)(=O)C(F)F)cc1. The summed E-state index contributed by atoms with van der Waals surface area (Å²) in [6.45, 7) is 1.43. The second-order valence-corrected chi connectivity index (χ2v) is 8.56. The van der Waals surface area contributed by atoms with E-state index in [9.17, 15) is 27.1 Å². The maximum Gasteiger partial charge on any atom is 0.341 e. The number of halogens is 2. The number of rotatable bonds is 6. The molecule has 0 fully saturated rings. The van der Waals surface area contributed by atoms with Gasteiger partial charge in [-0.05, 0) is 54.0 Å². The zero-order chi connectivity index (χ0) is 21.0. The van der Waals surface area contributed by atoms with E-state index in [4.69, 9.17) is 0 Å². The summed E-state index contributed by atoms with van der Waals surface area (Å²) in [5.74, 6) is -3.55. The first-order chi connectivity index (χ1) is 13.8. The van der Waals surface area contributed by atoms with Crippen molar-refractivity contribution in [3.8, 4) is 5.75 Å². The third-order valence-electron chi connectivity index (χ3n) is 4.60. The van der Waals surface area contributed by atoms with Gasteiger partial charge in [-0.2, -0.15) is 8.78 Å². The monoisotopic (exact) mass is 422 g/mol. The number of amides is 1. The maximum absolute atomic E-state index is 12.5. The van der Waals surface area contributed by atoms with Gasteiger partial charge in [0.25, 0.3) is 0 Å². The summed E-state index contributed by atoms with van der Waals surface area (Å²) in [5.41, 5.74) is 2.52. The molecule has 2 aromatic carbocycles. The van der Waals surface area contributed by atoms with E-state index in [1.807, 2.05) is 23.1 Å². The van der Waals surface area contributed by atoms with Gasteiger partial charge in [0.15, 0.2) is 0 Å². The minimum atomic E-state index is -4.65. The van der Waals surface area contributed by atoms with Gasteiger partial charge < -0.3 is 10.4 Å². The molecule has 154 valence electrons. The van der Waals surface area contributed by atoms with Crippen LogP contribution in [0.1, 0.15) is 12.0 Å². The first kappa shape index (κ1) is 20.9. The van der Waals surface area contributed by atoms with E-state index in [1.165, 1.54) is 12.1 Å². The quantitative estimate of drug-likeness (QED) is 0.747. The van der Waals surface area contributed by atoms with Crippen LogP contribution in [-0.2, 0) is 14.6 Å². The van der Waals surface area contributed by atoms with Crippen LogP contribution in [0.2, 0.25) is 0 Å². The molecular formula is C20H20F2N2O4S. The third-order valence-corrected chi connectivity index (χ3v) is 6.00. The molecule has 9 heteroatoms. The summed E-state index contributed by atoms with van der Waals surface area (Å²) in [6.07, 6.45) is 2.80. The van der Waals surface area contributed by atoms with Gasteiger partial charge in [0.2, 0.25) is 15.7 Å². The summed E-state index contributed by atoms with van der Waals surface area (Å²) >= 11 is 0. The van der Waals surface area contributed by atoms with Gasteiger partial charge in [-0.1, -0.05) is 18.2 Å². The largest absolute Gasteiger partial charge is 0.508 e. The van der Waals surface area contributed by atoms with E-state index in [1.54, 1.807) is 12.1 Å². The van der Waals surface area contributed by atoms with Crippen LogP contribution in [0, 0.1) is 0 Å². The predicted octanol–water partition coefficient (Wildman–Crippen LogP) is 3.12. The fourth-order valence-electron chi connectivity index (χ4n) is 3.03. The Morgan fingerprint density at radius 1 is 1.10 bits per heavy atom. The van der Waals surface area contributed by atoms with Crippen LogP contribution in [0.5, 0.6) is 5.75 Å². The van der Waals surface area contributed by atoms with Crippen LogP contribution in [0.4, 0.5) is 14.5 Å². The number of hydrogen-bond acceptors (Lipinski definition) is 5. The Kier molecular flexibility index (Phi) is 6.29. The first-order valence-electron chi connectivity index (χ1n) is 8.88. The fourth-order valence-corrected chi connectivity index (χ4v) is 3.75. The van der Waals surface area contributed by atoms with Crippen molar-refractivity contribution in [2.24, 2.45) is 0 Å². The summed E-state index contributed by atoms with van der Waals surface area (Å²) in [5, 5.41) is 12.0. The molecule has 29 heavy (non-hydrogen) atoms. The highest BCUT2D eigenvalue weighted by atomic mass is 32.2. The second kappa shape index (κ2) is 8.71. The number of carbonyl (C=O) groups is 1. The highest BCUT2D eigenvalue weighted by Crippen LogP contribution is 2.24. The van der Waals surface area contributed by atoms with Crippen LogP contribution < -0.4 is 5.32 Å². The van der Waals surface area contributed by atoms with Crippen molar-refractivity contribution in [3.63, 3.8) is 0 Å². The lowest BCUT2D eigenvalue weighted by atomic mass is 9.99. The van der Waals surface area contributed by atoms with Gasteiger partial charge in [0.05, 0.1) is 11.4 Å². The number of phenolic OH excluding ortho intramolecular Hbond substituents is 1. The molecular weight excluding hydrogens is 402 g/mol. The lowest BCUT2D eigenvalue weighted by Gasteiger charge is -2.26. The highest BCUT2D eigenvalue weighted by Gasteiger charge is 2.26. The molecule has 6 nitrogen and oxygen atoms in total. The fraction of sp³-hybridized carbons (Fsp3) is 0.250. The van der Waals surface area contributed by atoms with Crippen molar-refractivity contribution in [1.82, 2.24) is 4.90 Å². The van der Waals surface area contributed by atoms with E-state index < -0.39 is 20.5 Å². The molecule has 0 atom stereocenters. The van der Waals surface area contributed by atoms with E-state index >= 15 is 0 Å². The zero-order valence-electron chi connectivity index (χ0n) is 15.4. The maximum atomic E-state index is 12.5. The zero-order valence-corrected chi connectivity index (χ0v) is 16.2. The Hall–Kier alpha value is -2.78. The molecule has 0 bridgehead atoms. The van der Waals surface area contributed by atoms with Crippen molar-refractivity contribution in [2.45, 2.75) is 17.1 Å². The smallest absolute Gasteiger partial charge is 0.341 e. The topological polar surface area (TPSA) is 86.7 Å². The summed E-state index contributed by atoms with van der Waals surface area (Å²) < 4.78 is 47.9. The lowest BCUT2D eigenvalue weighted by molar-refractivity contribution is -0.117. The predicted molar refractivity (Wildman–Crippen MR) is 105 cm³/mol. The molecule has 2 aromatic rings. The number of benzene rings is 2. The number of carbonyl (C=O) groups excluding carboxylic acids is 1. The van der Waals surface area contributed by atoms with E-state index in [2.05, 4.69) is 5.32 Å². The normalized spacial score (nSPS) is 15.2. The second-order valence-electron chi connectivity index (χ2n) is 6.64. The molecule has 0 saturated heterocycles. The Morgan fingerprint density at radius 2 is 1.76 bits per heavy atom. The highest BCUT2D eigenvalue weighted by molar-refractivity contribution is 7.91. The van der Waals surface area contributed by atoms with Gasteiger partial charge in [0.1, 0.15) is 5.75 Å². The Labute approximate surface area is 167 Å². The molecule has 0 unspecified atom stereocenters. The summed E-state index contributed by atoms with van der Waals surface area (Å²) in [7, 11) is -4.65. The lowest BCUT2D eigenvalue weighted by Crippen LogP contribution is -2.36. The van der Waals surface area contributed by atoms with E-state index in [-0.39, 0.29) is 18.2 Å². The summed E-state index contributed by atoms with van der Waals surface area (Å²) in [4.78, 5) is 13.7. The average Bonchev–Trinajstić information content (AvgIpc) is 2.69. The van der Waals surface area contributed by atoms with Gasteiger partial charge >= 0.3 is 5.76 Å². The molecule has 0 spiro atoms.